The summed E-state index contributed by atoms with van der Waals surface area (Å²) in [7, 11) is 0. The topological polar surface area (TPSA) is 47.0 Å². The van der Waals surface area contributed by atoms with Gasteiger partial charge < -0.3 is 10.1 Å². The van der Waals surface area contributed by atoms with Crippen molar-refractivity contribution in [2.24, 2.45) is 0 Å². The monoisotopic (exact) mass is 285 g/mol. The van der Waals surface area contributed by atoms with E-state index in [9.17, 15) is 0 Å². The van der Waals surface area contributed by atoms with Crippen molar-refractivity contribution in [2.75, 3.05) is 18.5 Å². The molecule has 1 aromatic carbocycles. The maximum Gasteiger partial charge on any atom is 0.161 e. The minimum atomic E-state index is 0.655. The standard InChI is InChI=1S/C17H23N3O/c1-4-10-18-16-12-14(5-2)19-17(20-16)13-8-7-9-15(11-13)21-6-3/h7-9,11-12H,4-6,10H2,1-3H3,(H,18,19,20). The Bertz CT molecular complexity index is 584. The number of nitrogens with zero attached hydrogens (tertiary/aromatic N) is 2. The summed E-state index contributed by atoms with van der Waals surface area (Å²) in [5.74, 6) is 2.48. The third-order valence-electron chi connectivity index (χ3n) is 3.10. The van der Waals surface area contributed by atoms with E-state index in [1.54, 1.807) is 0 Å². The molecule has 4 nitrogen and oxygen atoms in total. The average molecular weight is 285 g/mol. The zero-order valence-corrected chi connectivity index (χ0v) is 13.0. The van der Waals surface area contributed by atoms with Gasteiger partial charge in [0, 0.05) is 23.9 Å². The van der Waals surface area contributed by atoms with E-state index < -0.39 is 0 Å². The first-order valence-corrected chi connectivity index (χ1v) is 7.61. The normalized spacial score (nSPS) is 10.4. The fraction of sp³-hybridized carbons (Fsp3) is 0.412. The Hall–Kier alpha value is -2.10. The number of rotatable bonds is 7. The van der Waals surface area contributed by atoms with Crippen molar-refractivity contribution < 1.29 is 4.74 Å². The maximum atomic E-state index is 5.55. The van der Waals surface area contributed by atoms with E-state index in [2.05, 4.69) is 29.1 Å². The summed E-state index contributed by atoms with van der Waals surface area (Å²) < 4.78 is 5.55. The Kier molecular flexibility index (Phi) is 5.55. The van der Waals surface area contributed by atoms with Gasteiger partial charge in [-0.1, -0.05) is 26.0 Å². The molecule has 0 unspecified atom stereocenters. The lowest BCUT2D eigenvalue weighted by Crippen LogP contribution is -2.05. The Balaban J connectivity index is 2.35. The van der Waals surface area contributed by atoms with Crippen LogP contribution in [0, 0.1) is 0 Å². The van der Waals surface area contributed by atoms with Crippen molar-refractivity contribution in [1.29, 1.82) is 0 Å². The number of ether oxygens (including phenoxy) is 1. The number of nitrogens with one attached hydrogen (secondary N) is 1. The van der Waals surface area contributed by atoms with E-state index in [-0.39, 0.29) is 0 Å². The molecule has 21 heavy (non-hydrogen) atoms. The van der Waals surface area contributed by atoms with E-state index in [1.165, 1.54) is 0 Å². The number of hydrogen-bond donors (Lipinski definition) is 1. The zero-order chi connectivity index (χ0) is 15.1. The Morgan fingerprint density at radius 1 is 1.10 bits per heavy atom. The molecule has 1 heterocycles. The number of aromatic nitrogens is 2. The molecular weight excluding hydrogens is 262 g/mol. The molecule has 0 atom stereocenters. The smallest absolute Gasteiger partial charge is 0.161 e. The van der Waals surface area contributed by atoms with E-state index in [4.69, 9.17) is 4.74 Å². The van der Waals surface area contributed by atoms with Gasteiger partial charge in [0.2, 0.25) is 0 Å². The predicted molar refractivity (Wildman–Crippen MR) is 86.8 cm³/mol. The van der Waals surface area contributed by atoms with E-state index in [0.29, 0.717) is 6.61 Å². The van der Waals surface area contributed by atoms with Crippen LogP contribution in [0.1, 0.15) is 32.9 Å². The molecule has 0 aliphatic rings. The van der Waals surface area contributed by atoms with Crippen LogP contribution in [0.3, 0.4) is 0 Å². The second-order valence-electron chi connectivity index (χ2n) is 4.81. The Labute approximate surface area is 126 Å². The zero-order valence-electron chi connectivity index (χ0n) is 13.0. The highest BCUT2D eigenvalue weighted by Crippen LogP contribution is 2.23. The van der Waals surface area contributed by atoms with Crippen molar-refractivity contribution in [2.45, 2.75) is 33.6 Å². The molecule has 0 aliphatic heterocycles. The lowest BCUT2D eigenvalue weighted by Gasteiger charge is -2.10. The highest BCUT2D eigenvalue weighted by molar-refractivity contribution is 5.59. The molecule has 2 rings (SSSR count). The summed E-state index contributed by atoms with van der Waals surface area (Å²) in [6.45, 7) is 7.79. The van der Waals surface area contributed by atoms with Gasteiger partial charge in [-0.3, -0.25) is 0 Å². The third-order valence-corrected chi connectivity index (χ3v) is 3.10. The fourth-order valence-electron chi connectivity index (χ4n) is 2.04. The Morgan fingerprint density at radius 2 is 1.95 bits per heavy atom. The van der Waals surface area contributed by atoms with Gasteiger partial charge in [-0.15, -0.1) is 0 Å². The fourth-order valence-corrected chi connectivity index (χ4v) is 2.04. The highest BCUT2D eigenvalue weighted by atomic mass is 16.5. The lowest BCUT2D eigenvalue weighted by molar-refractivity contribution is 0.340. The summed E-state index contributed by atoms with van der Waals surface area (Å²) in [4.78, 5) is 9.24. The summed E-state index contributed by atoms with van der Waals surface area (Å²) in [5.41, 5.74) is 2.02. The lowest BCUT2D eigenvalue weighted by atomic mass is 10.2. The number of aryl methyl sites for hydroxylation is 1. The van der Waals surface area contributed by atoms with Crippen molar-refractivity contribution in [3.8, 4) is 17.1 Å². The van der Waals surface area contributed by atoms with Gasteiger partial charge in [-0.2, -0.15) is 0 Å². The molecule has 1 aromatic heterocycles. The first-order valence-electron chi connectivity index (χ1n) is 7.61. The van der Waals surface area contributed by atoms with Crippen LogP contribution in [0.5, 0.6) is 5.75 Å². The second kappa shape index (κ2) is 7.62. The highest BCUT2D eigenvalue weighted by Gasteiger charge is 2.07. The molecule has 0 bridgehead atoms. The van der Waals surface area contributed by atoms with Gasteiger partial charge in [0.25, 0.3) is 0 Å². The first-order chi connectivity index (χ1) is 10.3. The van der Waals surface area contributed by atoms with Crippen LogP contribution >= 0.6 is 0 Å². The van der Waals surface area contributed by atoms with Crippen LogP contribution in [0.25, 0.3) is 11.4 Å². The summed E-state index contributed by atoms with van der Waals surface area (Å²) in [6.07, 6.45) is 1.96. The molecule has 112 valence electrons. The number of hydrogen-bond acceptors (Lipinski definition) is 4. The van der Waals surface area contributed by atoms with E-state index >= 15 is 0 Å². The molecular formula is C17H23N3O. The molecule has 0 fully saturated rings. The van der Waals surface area contributed by atoms with Crippen LogP contribution < -0.4 is 10.1 Å². The molecule has 0 spiro atoms. The van der Waals surface area contributed by atoms with E-state index in [1.807, 2.05) is 37.3 Å². The minimum Gasteiger partial charge on any atom is -0.494 e. The van der Waals surface area contributed by atoms with Crippen LogP contribution in [-0.4, -0.2) is 23.1 Å². The minimum absolute atomic E-state index is 0.655. The molecule has 0 aliphatic carbocycles. The molecule has 0 radical (unpaired) electrons. The SMILES string of the molecule is CCCNc1cc(CC)nc(-c2cccc(OCC)c2)n1. The van der Waals surface area contributed by atoms with Crippen LogP contribution in [-0.2, 0) is 6.42 Å². The molecule has 0 amide bonds. The molecule has 2 aromatic rings. The van der Waals surface area contributed by atoms with E-state index in [0.717, 1.165) is 48.0 Å². The van der Waals surface area contributed by atoms with Crippen molar-refractivity contribution >= 4 is 5.82 Å². The van der Waals surface area contributed by atoms with Crippen molar-refractivity contribution in [1.82, 2.24) is 9.97 Å². The summed E-state index contributed by atoms with van der Waals surface area (Å²) >= 11 is 0. The van der Waals surface area contributed by atoms with Gasteiger partial charge in [-0.05, 0) is 31.9 Å². The summed E-state index contributed by atoms with van der Waals surface area (Å²) in [6, 6.07) is 9.95. The number of benzene rings is 1. The van der Waals surface area contributed by atoms with Crippen molar-refractivity contribution in [3.05, 3.63) is 36.0 Å². The van der Waals surface area contributed by atoms with Gasteiger partial charge in [0.1, 0.15) is 11.6 Å². The summed E-state index contributed by atoms with van der Waals surface area (Å²) in [5, 5.41) is 3.34. The number of anilines is 1. The third kappa shape index (κ3) is 4.18. The van der Waals surface area contributed by atoms with Crippen molar-refractivity contribution in [3.63, 3.8) is 0 Å². The quantitative estimate of drug-likeness (QED) is 0.837. The average Bonchev–Trinajstić information content (AvgIpc) is 2.53. The molecule has 0 saturated carbocycles. The predicted octanol–water partition coefficient (Wildman–Crippen LogP) is 3.93. The maximum absolute atomic E-state index is 5.55. The van der Waals surface area contributed by atoms with Crippen LogP contribution in [0.2, 0.25) is 0 Å². The molecule has 1 N–H and O–H groups in total. The van der Waals surface area contributed by atoms with Gasteiger partial charge >= 0.3 is 0 Å². The first kappa shape index (κ1) is 15.3. The van der Waals surface area contributed by atoms with Gasteiger partial charge in [0.05, 0.1) is 6.61 Å². The van der Waals surface area contributed by atoms with Crippen LogP contribution in [0.4, 0.5) is 5.82 Å². The second-order valence-corrected chi connectivity index (χ2v) is 4.81. The largest absolute Gasteiger partial charge is 0.494 e. The molecule has 0 saturated heterocycles. The van der Waals surface area contributed by atoms with Crippen LogP contribution in [0.15, 0.2) is 30.3 Å². The van der Waals surface area contributed by atoms with Gasteiger partial charge in [0.15, 0.2) is 5.82 Å². The molecule has 4 heteroatoms. The van der Waals surface area contributed by atoms with Gasteiger partial charge in [-0.25, -0.2) is 9.97 Å². The Morgan fingerprint density at radius 3 is 2.67 bits per heavy atom.